The van der Waals surface area contributed by atoms with Crippen molar-refractivity contribution in [2.24, 2.45) is 0 Å². The molecule has 1 N–H and O–H groups in total. The molecule has 0 saturated carbocycles. The topological polar surface area (TPSA) is 89.6 Å². The summed E-state index contributed by atoms with van der Waals surface area (Å²) in [5.74, 6) is -0.744. The van der Waals surface area contributed by atoms with Gasteiger partial charge in [0.05, 0.1) is 5.56 Å². The minimum Gasteiger partial charge on any atom is -0.478 e. The third-order valence-electron chi connectivity index (χ3n) is 3.89. The van der Waals surface area contributed by atoms with E-state index in [2.05, 4.69) is 15.1 Å². The molecule has 4 aromatic rings. The van der Waals surface area contributed by atoms with Crippen molar-refractivity contribution in [3.05, 3.63) is 72.1 Å². The van der Waals surface area contributed by atoms with Crippen LogP contribution in [-0.2, 0) is 0 Å². The Labute approximate surface area is 156 Å². The number of aromatic carboxylic acids is 1. The van der Waals surface area contributed by atoms with E-state index in [0.717, 1.165) is 0 Å². The van der Waals surface area contributed by atoms with Gasteiger partial charge in [-0.15, -0.1) is 5.10 Å². The summed E-state index contributed by atoms with van der Waals surface area (Å²) in [7, 11) is 0. The number of benzene rings is 1. The van der Waals surface area contributed by atoms with Crippen LogP contribution in [0.25, 0.3) is 17.0 Å². The maximum atomic E-state index is 13.0. The molecule has 0 spiro atoms. The molecule has 0 amide bonds. The zero-order valence-corrected chi connectivity index (χ0v) is 14.2. The number of rotatable bonds is 5. The second-order valence-electron chi connectivity index (χ2n) is 5.73. The summed E-state index contributed by atoms with van der Waals surface area (Å²) in [5.41, 5.74) is -0.203. The Morgan fingerprint density at radius 3 is 2.54 bits per heavy atom. The summed E-state index contributed by atoms with van der Waals surface area (Å²) in [4.78, 5) is 19.7. The maximum Gasteiger partial charge on any atom is 0.338 e. The van der Waals surface area contributed by atoms with Crippen LogP contribution in [0.1, 0.15) is 22.5 Å². The van der Waals surface area contributed by atoms with Crippen LogP contribution in [0.5, 0.6) is 11.6 Å². The molecule has 0 saturated heterocycles. The first-order valence-electron chi connectivity index (χ1n) is 8.14. The Morgan fingerprint density at radius 1 is 1.04 bits per heavy atom. The molecule has 9 heteroatoms. The number of nitrogens with zero attached hydrogens (tertiary/aromatic N) is 4. The summed E-state index contributed by atoms with van der Waals surface area (Å²) in [6.45, 7) is 0. The molecule has 4 rings (SSSR count). The molecule has 0 radical (unpaired) electrons. The van der Waals surface area contributed by atoms with Crippen LogP contribution in [0.2, 0.25) is 0 Å². The Kier molecular flexibility index (Phi) is 4.40. The van der Waals surface area contributed by atoms with Gasteiger partial charge >= 0.3 is 5.97 Å². The van der Waals surface area contributed by atoms with E-state index in [1.54, 1.807) is 30.3 Å². The Hall–Kier alpha value is -3.88. The van der Waals surface area contributed by atoms with Gasteiger partial charge < -0.3 is 9.84 Å². The van der Waals surface area contributed by atoms with Crippen molar-refractivity contribution in [1.29, 1.82) is 0 Å². The molecular weight excluding hydrogens is 370 g/mol. The predicted octanol–water partition coefficient (Wildman–Crippen LogP) is 4.22. The van der Waals surface area contributed by atoms with Gasteiger partial charge in [-0.25, -0.2) is 23.1 Å². The van der Waals surface area contributed by atoms with Gasteiger partial charge in [-0.05, 0) is 30.3 Å². The fraction of sp³-hybridized carbons (Fsp3) is 0.0526. The summed E-state index contributed by atoms with van der Waals surface area (Å²) >= 11 is 0. The Balaban J connectivity index is 1.90. The van der Waals surface area contributed by atoms with Gasteiger partial charge in [0.25, 0.3) is 6.43 Å². The second-order valence-corrected chi connectivity index (χ2v) is 5.73. The monoisotopic (exact) mass is 382 g/mol. The summed E-state index contributed by atoms with van der Waals surface area (Å²) in [6.07, 6.45) is -1.31. The fourth-order valence-corrected chi connectivity index (χ4v) is 2.64. The number of halogens is 2. The standard InChI is InChI=1S/C19H12F2N4O3/c20-16(21)13-7-4-8-14(22-13)17-23-18(28-11-5-2-1-3-6-11)15-12(19(26)27)9-10-25(15)24-17/h1-10,16H,(H,26,27). The number of carboxylic acid groups (broad SMARTS) is 1. The van der Waals surface area contributed by atoms with Crippen LogP contribution in [0.4, 0.5) is 8.78 Å². The van der Waals surface area contributed by atoms with Crippen LogP contribution < -0.4 is 4.74 Å². The number of aromatic nitrogens is 4. The highest BCUT2D eigenvalue weighted by molar-refractivity contribution is 5.97. The van der Waals surface area contributed by atoms with E-state index in [4.69, 9.17) is 4.74 Å². The maximum absolute atomic E-state index is 13.0. The lowest BCUT2D eigenvalue weighted by Crippen LogP contribution is -2.05. The highest BCUT2D eigenvalue weighted by atomic mass is 19.3. The number of hydrogen-bond acceptors (Lipinski definition) is 5. The minimum atomic E-state index is -2.74. The predicted molar refractivity (Wildman–Crippen MR) is 94.7 cm³/mol. The lowest BCUT2D eigenvalue weighted by Gasteiger charge is -2.10. The highest BCUT2D eigenvalue weighted by Gasteiger charge is 2.20. The first kappa shape index (κ1) is 17.5. The Morgan fingerprint density at radius 2 is 1.82 bits per heavy atom. The second kappa shape index (κ2) is 7.03. The zero-order chi connectivity index (χ0) is 19.7. The molecule has 0 aliphatic carbocycles. The number of fused-ring (bicyclic) bond motifs is 1. The first-order valence-corrected chi connectivity index (χ1v) is 8.14. The van der Waals surface area contributed by atoms with Gasteiger partial charge in [0.1, 0.15) is 22.7 Å². The van der Waals surface area contributed by atoms with Crippen LogP contribution in [0.15, 0.2) is 60.8 Å². The van der Waals surface area contributed by atoms with Gasteiger partial charge in [-0.1, -0.05) is 24.3 Å². The number of pyridine rings is 1. The summed E-state index contributed by atoms with van der Waals surface area (Å²) in [6, 6.07) is 14.1. The lowest BCUT2D eigenvalue weighted by molar-refractivity contribution is 0.0698. The van der Waals surface area contributed by atoms with E-state index in [9.17, 15) is 18.7 Å². The van der Waals surface area contributed by atoms with Gasteiger partial charge in [0.2, 0.25) is 11.7 Å². The summed E-state index contributed by atoms with van der Waals surface area (Å²) < 4.78 is 33.0. The molecule has 0 fully saturated rings. The molecule has 28 heavy (non-hydrogen) atoms. The number of hydrogen-bond donors (Lipinski definition) is 1. The molecule has 7 nitrogen and oxygen atoms in total. The molecule has 0 bridgehead atoms. The van der Waals surface area contributed by atoms with Crippen molar-refractivity contribution >= 4 is 11.5 Å². The zero-order valence-electron chi connectivity index (χ0n) is 14.2. The number of para-hydroxylation sites is 1. The third kappa shape index (κ3) is 3.25. The average molecular weight is 382 g/mol. The quantitative estimate of drug-likeness (QED) is 0.556. The SMILES string of the molecule is O=C(O)c1ccn2nc(-c3cccc(C(F)F)n3)nc(Oc3ccccc3)c12. The number of carbonyl (C=O) groups is 1. The number of ether oxygens (including phenoxy) is 1. The van der Waals surface area contributed by atoms with Gasteiger partial charge in [0, 0.05) is 6.20 Å². The molecule has 0 atom stereocenters. The third-order valence-corrected chi connectivity index (χ3v) is 3.89. The highest BCUT2D eigenvalue weighted by Crippen LogP contribution is 2.29. The molecule has 1 aromatic carbocycles. The molecule has 3 heterocycles. The molecule has 140 valence electrons. The van der Waals surface area contributed by atoms with E-state index < -0.39 is 18.1 Å². The molecule has 3 aromatic heterocycles. The van der Waals surface area contributed by atoms with Crippen molar-refractivity contribution in [3.8, 4) is 23.1 Å². The van der Waals surface area contributed by atoms with E-state index in [0.29, 0.717) is 5.75 Å². The van der Waals surface area contributed by atoms with Crippen molar-refractivity contribution in [2.45, 2.75) is 6.43 Å². The number of carboxylic acids is 1. The minimum absolute atomic E-state index is 0.0217. The molecular formula is C19H12F2N4O3. The fourth-order valence-electron chi connectivity index (χ4n) is 2.64. The van der Waals surface area contributed by atoms with Crippen molar-refractivity contribution < 1.29 is 23.4 Å². The van der Waals surface area contributed by atoms with E-state index in [1.807, 2.05) is 0 Å². The largest absolute Gasteiger partial charge is 0.478 e. The van der Waals surface area contributed by atoms with Crippen LogP contribution in [-0.4, -0.2) is 30.7 Å². The van der Waals surface area contributed by atoms with Crippen molar-refractivity contribution in [1.82, 2.24) is 19.6 Å². The summed E-state index contributed by atoms with van der Waals surface area (Å²) in [5, 5.41) is 13.6. The van der Waals surface area contributed by atoms with Crippen molar-refractivity contribution in [2.75, 3.05) is 0 Å². The molecule has 0 aliphatic rings. The normalized spacial score (nSPS) is 11.1. The smallest absolute Gasteiger partial charge is 0.338 e. The van der Waals surface area contributed by atoms with E-state index in [1.165, 1.54) is 35.0 Å². The van der Waals surface area contributed by atoms with Crippen LogP contribution in [0.3, 0.4) is 0 Å². The molecule has 0 aliphatic heterocycles. The van der Waals surface area contributed by atoms with E-state index >= 15 is 0 Å². The van der Waals surface area contributed by atoms with Gasteiger partial charge in [-0.3, -0.25) is 0 Å². The van der Waals surface area contributed by atoms with Crippen LogP contribution >= 0.6 is 0 Å². The Bertz CT molecular complexity index is 1160. The van der Waals surface area contributed by atoms with Gasteiger partial charge in [-0.2, -0.15) is 4.98 Å². The van der Waals surface area contributed by atoms with Crippen molar-refractivity contribution in [3.63, 3.8) is 0 Å². The number of alkyl halides is 2. The molecule has 0 unspecified atom stereocenters. The van der Waals surface area contributed by atoms with Crippen LogP contribution in [0, 0.1) is 0 Å². The lowest BCUT2D eigenvalue weighted by atomic mass is 10.2. The van der Waals surface area contributed by atoms with Gasteiger partial charge in [0.15, 0.2) is 0 Å². The van der Waals surface area contributed by atoms with E-state index in [-0.39, 0.29) is 28.5 Å². The first-order chi connectivity index (χ1) is 13.5. The average Bonchev–Trinajstić information content (AvgIpc) is 3.13.